The van der Waals surface area contributed by atoms with E-state index < -0.39 is 10.0 Å². The standard InChI is InChI=1S/C12H19N5O2S/c1-7(2)17-10(5)12(9(4)15-17)16-20(18,19)11-6-13-14-8(11)3/h6-7,16H,1-5H3,(H,13,14). The molecule has 8 heteroatoms. The second-order valence-electron chi connectivity index (χ2n) is 5.05. The van der Waals surface area contributed by atoms with Crippen molar-refractivity contribution in [2.24, 2.45) is 0 Å². The smallest absolute Gasteiger partial charge is 0.265 e. The van der Waals surface area contributed by atoms with Gasteiger partial charge in [0.1, 0.15) is 4.90 Å². The molecular weight excluding hydrogens is 278 g/mol. The molecule has 2 aromatic heterocycles. The number of aromatic amines is 1. The summed E-state index contributed by atoms with van der Waals surface area (Å²) in [5.74, 6) is 0. The minimum atomic E-state index is -3.66. The van der Waals surface area contributed by atoms with Gasteiger partial charge in [-0.2, -0.15) is 10.2 Å². The predicted octanol–water partition coefficient (Wildman–Crippen LogP) is 1.91. The fourth-order valence-electron chi connectivity index (χ4n) is 2.11. The van der Waals surface area contributed by atoms with Crippen LogP contribution in [0.4, 0.5) is 5.69 Å². The first-order valence-electron chi connectivity index (χ1n) is 6.32. The lowest BCUT2D eigenvalue weighted by Gasteiger charge is -2.10. The van der Waals surface area contributed by atoms with Crippen LogP contribution in [-0.4, -0.2) is 28.4 Å². The summed E-state index contributed by atoms with van der Waals surface area (Å²) in [6, 6.07) is 0.169. The zero-order valence-electron chi connectivity index (χ0n) is 12.2. The molecule has 2 aromatic rings. The SMILES string of the molecule is Cc1nn(C(C)C)c(C)c1NS(=O)(=O)c1cn[nH]c1C. The number of rotatable bonds is 4. The van der Waals surface area contributed by atoms with E-state index in [0.29, 0.717) is 17.1 Å². The van der Waals surface area contributed by atoms with Gasteiger partial charge in [0.25, 0.3) is 10.0 Å². The summed E-state index contributed by atoms with van der Waals surface area (Å²) in [5.41, 5.74) is 2.48. The molecule has 20 heavy (non-hydrogen) atoms. The molecule has 2 rings (SSSR count). The summed E-state index contributed by atoms with van der Waals surface area (Å²) >= 11 is 0. The van der Waals surface area contributed by atoms with Gasteiger partial charge in [-0.15, -0.1) is 0 Å². The summed E-state index contributed by atoms with van der Waals surface area (Å²) in [7, 11) is -3.66. The van der Waals surface area contributed by atoms with Crippen molar-refractivity contribution in [2.75, 3.05) is 4.72 Å². The summed E-state index contributed by atoms with van der Waals surface area (Å²) in [5, 5.41) is 10.7. The van der Waals surface area contributed by atoms with E-state index in [0.717, 1.165) is 5.69 Å². The summed E-state index contributed by atoms with van der Waals surface area (Å²) < 4.78 is 29.1. The van der Waals surface area contributed by atoms with Crippen LogP contribution in [0.15, 0.2) is 11.1 Å². The van der Waals surface area contributed by atoms with Gasteiger partial charge in [-0.1, -0.05) is 0 Å². The van der Waals surface area contributed by atoms with Crippen molar-refractivity contribution in [2.45, 2.75) is 45.6 Å². The average Bonchev–Trinajstić information content (AvgIpc) is 2.88. The Morgan fingerprint density at radius 1 is 1.30 bits per heavy atom. The lowest BCUT2D eigenvalue weighted by molar-refractivity contribution is 0.516. The number of hydrogen-bond acceptors (Lipinski definition) is 4. The number of nitrogens with zero attached hydrogens (tertiary/aromatic N) is 3. The molecule has 2 N–H and O–H groups in total. The highest BCUT2D eigenvalue weighted by Crippen LogP contribution is 2.25. The second kappa shape index (κ2) is 4.93. The first kappa shape index (κ1) is 14.6. The van der Waals surface area contributed by atoms with Crippen molar-refractivity contribution in [3.63, 3.8) is 0 Å². The fourth-order valence-corrected chi connectivity index (χ4v) is 3.43. The summed E-state index contributed by atoms with van der Waals surface area (Å²) in [4.78, 5) is 0.147. The number of aryl methyl sites for hydroxylation is 2. The van der Waals surface area contributed by atoms with E-state index in [2.05, 4.69) is 20.0 Å². The molecule has 0 aliphatic rings. The van der Waals surface area contributed by atoms with Crippen LogP contribution in [0.1, 0.15) is 37.0 Å². The molecule has 0 radical (unpaired) electrons. The minimum absolute atomic E-state index is 0.147. The van der Waals surface area contributed by atoms with Crippen LogP contribution < -0.4 is 4.72 Å². The zero-order valence-corrected chi connectivity index (χ0v) is 13.0. The molecule has 0 saturated heterocycles. The molecular formula is C12H19N5O2S. The number of anilines is 1. The third kappa shape index (κ3) is 2.43. The Morgan fingerprint density at radius 2 is 1.95 bits per heavy atom. The molecule has 0 fully saturated rings. The normalized spacial score (nSPS) is 12.1. The lowest BCUT2D eigenvalue weighted by atomic mass is 10.3. The first-order chi connectivity index (χ1) is 9.24. The van der Waals surface area contributed by atoms with Gasteiger partial charge in [0, 0.05) is 6.04 Å². The summed E-state index contributed by atoms with van der Waals surface area (Å²) in [6.45, 7) is 9.29. The molecule has 0 spiro atoms. The average molecular weight is 297 g/mol. The molecule has 2 heterocycles. The maximum Gasteiger partial charge on any atom is 0.265 e. The molecule has 7 nitrogen and oxygen atoms in total. The van der Waals surface area contributed by atoms with Gasteiger partial charge in [0.15, 0.2) is 0 Å². The van der Waals surface area contributed by atoms with Crippen LogP contribution in [0.2, 0.25) is 0 Å². The first-order valence-corrected chi connectivity index (χ1v) is 7.81. The van der Waals surface area contributed by atoms with Crippen molar-refractivity contribution in [3.8, 4) is 0 Å². The lowest BCUT2D eigenvalue weighted by Crippen LogP contribution is -2.15. The Labute approximate surface area is 118 Å². The van der Waals surface area contributed by atoms with Gasteiger partial charge in [-0.05, 0) is 34.6 Å². The van der Waals surface area contributed by atoms with Crippen LogP contribution in [0.25, 0.3) is 0 Å². The number of hydrogen-bond donors (Lipinski definition) is 2. The van der Waals surface area contributed by atoms with Crippen molar-refractivity contribution < 1.29 is 8.42 Å². The van der Waals surface area contributed by atoms with Gasteiger partial charge < -0.3 is 0 Å². The van der Waals surface area contributed by atoms with E-state index in [1.54, 1.807) is 18.5 Å². The summed E-state index contributed by atoms with van der Waals surface area (Å²) in [6.07, 6.45) is 1.30. The van der Waals surface area contributed by atoms with Gasteiger partial charge in [-0.25, -0.2) is 8.42 Å². The second-order valence-corrected chi connectivity index (χ2v) is 6.70. The molecule has 0 unspecified atom stereocenters. The molecule has 0 aliphatic heterocycles. The minimum Gasteiger partial charge on any atom is -0.281 e. The van der Waals surface area contributed by atoms with Gasteiger partial charge >= 0.3 is 0 Å². The predicted molar refractivity (Wildman–Crippen MR) is 76.2 cm³/mol. The highest BCUT2D eigenvalue weighted by molar-refractivity contribution is 7.92. The Morgan fingerprint density at radius 3 is 2.40 bits per heavy atom. The Bertz CT molecular complexity index is 727. The molecule has 0 atom stereocenters. The number of H-pyrrole nitrogens is 1. The number of nitrogens with one attached hydrogen (secondary N) is 2. The topological polar surface area (TPSA) is 92.7 Å². The van der Waals surface area contributed by atoms with Crippen molar-refractivity contribution in [1.29, 1.82) is 0 Å². The van der Waals surface area contributed by atoms with E-state index in [1.165, 1.54) is 6.20 Å². The van der Waals surface area contributed by atoms with Crippen LogP contribution >= 0.6 is 0 Å². The largest absolute Gasteiger partial charge is 0.281 e. The maximum absolute atomic E-state index is 12.4. The fraction of sp³-hybridized carbons (Fsp3) is 0.500. The Balaban J connectivity index is 2.43. The number of aromatic nitrogens is 4. The van der Waals surface area contributed by atoms with Gasteiger partial charge in [0.05, 0.1) is 29.0 Å². The van der Waals surface area contributed by atoms with Crippen molar-refractivity contribution in [1.82, 2.24) is 20.0 Å². The van der Waals surface area contributed by atoms with E-state index in [4.69, 9.17) is 0 Å². The maximum atomic E-state index is 12.4. The molecule has 0 amide bonds. The van der Waals surface area contributed by atoms with E-state index in [1.807, 2.05) is 20.8 Å². The van der Waals surface area contributed by atoms with Crippen LogP contribution in [-0.2, 0) is 10.0 Å². The van der Waals surface area contributed by atoms with Gasteiger partial charge in [-0.3, -0.25) is 14.5 Å². The third-order valence-corrected chi connectivity index (χ3v) is 4.59. The van der Waals surface area contributed by atoms with E-state index in [9.17, 15) is 8.42 Å². The molecule has 110 valence electrons. The van der Waals surface area contributed by atoms with Crippen molar-refractivity contribution >= 4 is 15.7 Å². The van der Waals surface area contributed by atoms with Crippen LogP contribution in [0.3, 0.4) is 0 Å². The van der Waals surface area contributed by atoms with Gasteiger partial charge in [0.2, 0.25) is 0 Å². The highest BCUT2D eigenvalue weighted by atomic mass is 32.2. The third-order valence-electron chi connectivity index (χ3n) is 3.12. The quantitative estimate of drug-likeness (QED) is 0.901. The Kier molecular flexibility index (Phi) is 3.59. The molecule has 0 bridgehead atoms. The molecule has 0 saturated carbocycles. The van der Waals surface area contributed by atoms with E-state index >= 15 is 0 Å². The monoisotopic (exact) mass is 297 g/mol. The molecule has 0 aliphatic carbocycles. The van der Waals surface area contributed by atoms with Crippen LogP contribution in [0.5, 0.6) is 0 Å². The highest BCUT2D eigenvalue weighted by Gasteiger charge is 2.23. The number of sulfonamides is 1. The Hall–Kier alpha value is -1.83. The van der Waals surface area contributed by atoms with E-state index in [-0.39, 0.29) is 10.9 Å². The molecule has 0 aromatic carbocycles. The van der Waals surface area contributed by atoms with Crippen molar-refractivity contribution in [3.05, 3.63) is 23.3 Å². The van der Waals surface area contributed by atoms with Crippen LogP contribution in [0, 0.1) is 20.8 Å². The zero-order chi connectivity index (χ0) is 15.1.